The Kier molecular flexibility index (Phi) is 5.00. The van der Waals surface area contributed by atoms with Crippen LogP contribution >= 0.6 is 15.9 Å². The van der Waals surface area contributed by atoms with Gasteiger partial charge in [-0.3, -0.25) is 0 Å². The van der Waals surface area contributed by atoms with E-state index in [0.29, 0.717) is 11.4 Å². The Labute approximate surface area is 122 Å². The van der Waals surface area contributed by atoms with Crippen molar-refractivity contribution in [3.05, 3.63) is 28.2 Å². The van der Waals surface area contributed by atoms with Crippen molar-refractivity contribution in [2.45, 2.75) is 37.2 Å². The molecular formula is C13H18BrNO3S. The quantitative estimate of drug-likeness (QED) is 0.890. The van der Waals surface area contributed by atoms with E-state index in [9.17, 15) is 8.42 Å². The second-order valence-electron chi connectivity index (χ2n) is 4.73. The molecule has 19 heavy (non-hydrogen) atoms. The van der Waals surface area contributed by atoms with Crippen molar-refractivity contribution >= 4 is 26.0 Å². The van der Waals surface area contributed by atoms with Gasteiger partial charge < -0.3 is 4.74 Å². The van der Waals surface area contributed by atoms with Crippen LogP contribution in [0.2, 0.25) is 0 Å². The summed E-state index contributed by atoms with van der Waals surface area (Å²) in [4.78, 5) is 0.328. The number of hydrogen-bond donors (Lipinski definition) is 1. The van der Waals surface area contributed by atoms with Crippen molar-refractivity contribution in [2.75, 3.05) is 13.2 Å². The van der Waals surface area contributed by atoms with Crippen molar-refractivity contribution in [3.63, 3.8) is 0 Å². The van der Waals surface area contributed by atoms with E-state index in [4.69, 9.17) is 4.74 Å². The van der Waals surface area contributed by atoms with Crippen LogP contribution < -0.4 is 4.72 Å². The Balaban J connectivity index is 1.99. The van der Waals surface area contributed by atoms with Gasteiger partial charge in [0.15, 0.2) is 0 Å². The highest BCUT2D eigenvalue weighted by Gasteiger charge is 2.19. The van der Waals surface area contributed by atoms with Gasteiger partial charge in [-0.1, -0.05) is 22.0 Å². The summed E-state index contributed by atoms with van der Waals surface area (Å²) < 4.78 is 33.3. The van der Waals surface area contributed by atoms with Crippen LogP contribution in [-0.2, 0) is 14.8 Å². The Morgan fingerprint density at radius 3 is 2.95 bits per heavy atom. The molecule has 6 heteroatoms. The lowest BCUT2D eigenvalue weighted by Crippen LogP contribution is -2.27. The van der Waals surface area contributed by atoms with Gasteiger partial charge in [0, 0.05) is 17.6 Å². The van der Waals surface area contributed by atoms with E-state index < -0.39 is 10.0 Å². The Bertz CT molecular complexity index is 539. The van der Waals surface area contributed by atoms with E-state index in [2.05, 4.69) is 20.7 Å². The van der Waals surface area contributed by atoms with Gasteiger partial charge in [-0.15, -0.1) is 0 Å². The number of ether oxygens (including phenoxy) is 1. The zero-order chi connectivity index (χ0) is 13.9. The van der Waals surface area contributed by atoms with Gasteiger partial charge in [0.25, 0.3) is 0 Å². The van der Waals surface area contributed by atoms with Crippen LogP contribution in [0, 0.1) is 6.92 Å². The molecule has 1 unspecified atom stereocenters. The van der Waals surface area contributed by atoms with Gasteiger partial charge in [0.2, 0.25) is 10.0 Å². The van der Waals surface area contributed by atoms with E-state index in [0.717, 1.165) is 35.9 Å². The fourth-order valence-electron chi connectivity index (χ4n) is 2.17. The van der Waals surface area contributed by atoms with Gasteiger partial charge in [0.1, 0.15) is 0 Å². The number of benzene rings is 1. The number of aryl methyl sites for hydroxylation is 1. The lowest BCUT2D eigenvalue weighted by atomic mass is 10.2. The summed E-state index contributed by atoms with van der Waals surface area (Å²) in [6, 6.07) is 5.25. The second-order valence-corrected chi connectivity index (χ2v) is 7.38. The molecule has 0 amide bonds. The SMILES string of the molecule is Cc1ccc(Br)cc1S(=O)(=O)NCCC1CCCO1. The first-order valence-corrected chi connectivity index (χ1v) is 8.64. The third-order valence-corrected chi connectivity index (χ3v) is 5.32. The molecular weight excluding hydrogens is 330 g/mol. The highest BCUT2D eigenvalue weighted by molar-refractivity contribution is 9.10. The Morgan fingerprint density at radius 2 is 2.26 bits per heavy atom. The van der Waals surface area contributed by atoms with Crippen molar-refractivity contribution in [1.29, 1.82) is 0 Å². The third-order valence-electron chi connectivity index (χ3n) is 3.22. The molecule has 0 bridgehead atoms. The van der Waals surface area contributed by atoms with E-state index in [1.165, 1.54) is 0 Å². The minimum Gasteiger partial charge on any atom is -0.378 e. The van der Waals surface area contributed by atoms with Crippen LogP contribution in [0.3, 0.4) is 0 Å². The van der Waals surface area contributed by atoms with Crippen LogP contribution in [0.15, 0.2) is 27.6 Å². The molecule has 4 nitrogen and oxygen atoms in total. The highest BCUT2D eigenvalue weighted by atomic mass is 79.9. The summed E-state index contributed by atoms with van der Waals surface area (Å²) in [6.45, 7) is 3.00. The van der Waals surface area contributed by atoms with Crippen LogP contribution in [0.25, 0.3) is 0 Å². The summed E-state index contributed by atoms with van der Waals surface area (Å²) >= 11 is 3.30. The standard InChI is InChI=1S/C13H18BrNO3S/c1-10-4-5-11(14)9-13(10)19(16,17)15-7-6-12-3-2-8-18-12/h4-5,9,12,15H,2-3,6-8H2,1H3. The van der Waals surface area contributed by atoms with Gasteiger partial charge in [-0.05, 0) is 43.9 Å². The van der Waals surface area contributed by atoms with Gasteiger partial charge in [-0.2, -0.15) is 0 Å². The van der Waals surface area contributed by atoms with Crippen molar-refractivity contribution < 1.29 is 13.2 Å². The fourth-order valence-corrected chi connectivity index (χ4v) is 4.00. The first kappa shape index (κ1) is 15.0. The maximum Gasteiger partial charge on any atom is 0.240 e. The minimum absolute atomic E-state index is 0.200. The van der Waals surface area contributed by atoms with E-state index in [1.54, 1.807) is 19.1 Å². The van der Waals surface area contributed by atoms with Crippen molar-refractivity contribution in [3.8, 4) is 0 Å². The molecule has 0 spiro atoms. The number of rotatable bonds is 5. The largest absolute Gasteiger partial charge is 0.378 e. The molecule has 2 rings (SSSR count). The highest BCUT2D eigenvalue weighted by Crippen LogP contribution is 2.21. The summed E-state index contributed by atoms with van der Waals surface area (Å²) in [6.07, 6.45) is 3.03. The molecule has 0 saturated carbocycles. The monoisotopic (exact) mass is 347 g/mol. The van der Waals surface area contributed by atoms with Crippen molar-refractivity contribution in [2.24, 2.45) is 0 Å². The first-order chi connectivity index (χ1) is 8.99. The summed E-state index contributed by atoms with van der Waals surface area (Å²) in [5.41, 5.74) is 0.743. The molecule has 1 heterocycles. The van der Waals surface area contributed by atoms with Crippen LogP contribution in [0.4, 0.5) is 0 Å². The summed E-state index contributed by atoms with van der Waals surface area (Å²) in [7, 11) is -3.44. The molecule has 1 aromatic rings. The number of hydrogen-bond acceptors (Lipinski definition) is 3. The normalized spacial score (nSPS) is 19.8. The van der Waals surface area contributed by atoms with Crippen LogP contribution in [-0.4, -0.2) is 27.7 Å². The zero-order valence-electron chi connectivity index (χ0n) is 10.9. The van der Waals surface area contributed by atoms with Gasteiger partial charge in [-0.25, -0.2) is 13.1 Å². The molecule has 1 aliphatic rings. The molecule has 1 fully saturated rings. The average molecular weight is 348 g/mol. The molecule has 1 aromatic carbocycles. The average Bonchev–Trinajstić information content (AvgIpc) is 2.85. The first-order valence-electron chi connectivity index (χ1n) is 6.36. The van der Waals surface area contributed by atoms with E-state index in [-0.39, 0.29) is 6.10 Å². The predicted octanol–water partition coefficient (Wildman–Crippen LogP) is 2.60. The third kappa shape index (κ3) is 4.02. The zero-order valence-corrected chi connectivity index (χ0v) is 13.3. The molecule has 1 atom stereocenters. The van der Waals surface area contributed by atoms with Crippen molar-refractivity contribution in [1.82, 2.24) is 4.72 Å². The molecule has 106 valence electrons. The number of halogens is 1. The lowest BCUT2D eigenvalue weighted by molar-refractivity contribution is 0.105. The topological polar surface area (TPSA) is 55.4 Å². The van der Waals surface area contributed by atoms with Gasteiger partial charge >= 0.3 is 0 Å². The molecule has 0 aromatic heterocycles. The minimum atomic E-state index is -3.44. The smallest absolute Gasteiger partial charge is 0.240 e. The Hall–Kier alpha value is -0.430. The van der Waals surface area contributed by atoms with E-state index >= 15 is 0 Å². The van der Waals surface area contributed by atoms with Crippen LogP contribution in [0.1, 0.15) is 24.8 Å². The summed E-state index contributed by atoms with van der Waals surface area (Å²) in [5.74, 6) is 0. The van der Waals surface area contributed by atoms with E-state index in [1.807, 2.05) is 6.07 Å². The number of sulfonamides is 1. The fraction of sp³-hybridized carbons (Fsp3) is 0.538. The lowest BCUT2D eigenvalue weighted by Gasteiger charge is -2.12. The molecule has 0 aliphatic carbocycles. The Morgan fingerprint density at radius 1 is 1.47 bits per heavy atom. The summed E-state index contributed by atoms with van der Waals surface area (Å²) in [5, 5.41) is 0. The molecule has 1 aliphatic heterocycles. The van der Waals surface area contributed by atoms with Crippen LogP contribution in [0.5, 0.6) is 0 Å². The second kappa shape index (κ2) is 6.35. The van der Waals surface area contributed by atoms with Gasteiger partial charge in [0.05, 0.1) is 11.0 Å². The molecule has 1 N–H and O–H groups in total. The number of nitrogens with one attached hydrogen (secondary N) is 1. The predicted molar refractivity (Wildman–Crippen MR) is 77.7 cm³/mol. The maximum absolute atomic E-state index is 12.2. The molecule has 0 radical (unpaired) electrons. The maximum atomic E-state index is 12.2. The molecule has 1 saturated heterocycles.